The molecule has 0 bridgehead atoms. The normalized spacial score (nSPS) is 13.9. The molecule has 4 nitrogen and oxygen atoms in total. The van der Waals surface area contributed by atoms with Gasteiger partial charge in [0.25, 0.3) is 0 Å². The van der Waals surface area contributed by atoms with E-state index in [1.54, 1.807) is 19.9 Å². The summed E-state index contributed by atoms with van der Waals surface area (Å²) in [6.45, 7) is 5.44. The van der Waals surface area contributed by atoms with Gasteiger partial charge in [0, 0.05) is 0 Å². The molecule has 16 heavy (non-hydrogen) atoms. The first-order valence-corrected chi connectivity index (χ1v) is 5.07. The Bertz CT molecular complexity index is 449. The third-order valence-corrected chi connectivity index (χ3v) is 2.93. The Morgan fingerprint density at radius 3 is 2.44 bits per heavy atom. The van der Waals surface area contributed by atoms with E-state index in [-0.39, 0.29) is 6.79 Å². The van der Waals surface area contributed by atoms with Gasteiger partial charge in [-0.3, -0.25) is 4.79 Å². The molecule has 1 aliphatic heterocycles. The fraction of sp³-hybridized carbons (Fsp3) is 0.417. The molecule has 1 aromatic rings. The van der Waals surface area contributed by atoms with Crippen molar-refractivity contribution in [2.45, 2.75) is 26.2 Å². The molecule has 1 N–H and O–H groups in total. The lowest BCUT2D eigenvalue weighted by atomic mass is 9.82. The summed E-state index contributed by atoms with van der Waals surface area (Å²) < 4.78 is 10.5. The minimum Gasteiger partial charge on any atom is -0.481 e. The van der Waals surface area contributed by atoms with Crippen molar-refractivity contribution in [3.63, 3.8) is 0 Å². The zero-order valence-electron chi connectivity index (χ0n) is 9.53. The fourth-order valence-electron chi connectivity index (χ4n) is 1.83. The Balaban J connectivity index is 2.54. The van der Waals surface area contributed by atoms with Crippen LogP contribution in [0.25, 0.3) is 0 Å². The van der Waals surface area contributed by atoms with Gasteiger partial charge in [0.05, 0.1) is 5.41 Å². The van der Waals surface area contributed by atoms with Crippen LogP contribution >= 0.6 is 0 Å². The van der Waals surface area contributed by atoms with Crippen LogP contribution < -0.4 is 9.47 Å². The number of aliphatic carboxylic acids is 1. The van der Waals surface area contributed by atoms with E-state index in [1.807, 2.05) is 13.0 Å². The third-order valence-electron chi connectivity index (χ3n) is 2.93. The fourth-order valence-corrected chi connectivity index (χ4v) is 1.83. The van der Waals surface area contributed by atoms with Gasteiger partial charge in [0.15, 0.2) is 11.5 Å². The average Bonchev–Trinajstić information content (AvgIpc) is 2.62. The first-order chi connectivity index (χ1) is 7.43. The highest BCUT2D eigenvalue weighted by molar-refractivity contribution is 5.81. The van der Waals surface area contributed by atoms with Gasteiger partial charge in [-0.15, -0.1) is 0 Å². The minimum absolute atomic E-state index is 0.200. The quantitative estimate of drug-likeness (QED) is 0.832. The predicted molar refractivity (Wildman–Crippen MR) is 58.0 cm³/mol. The molecule has 0 atom stereocenters. The predicted octanol–water partition coefficient (Wildman–Crippen LogP) is 2.09. The van der Waals surface area contributed by atoms with Crippen molar-refractivity contribution in [1.29, 1.82) is 0 Å². The maximum Gasteiger partial charge on any atom is 0.313 e. The third kappa shape index (κ3) is 1.50. The van der Waals surface area contributed by atoms with Crippen LogP contribution in [0.2, 0.25) is 0 Å². The molecular formula is C12H14O4. The molecule has 1 aromatic carbocycles. The summed E-state index contributed by atoms with van der Waals surface area (Å²) in [5.74, 6) is 0.451. The van der Waals surface area contributed by atoms with Gasteiger partial charge in [0.1, 0.15) is 0 Å². The smallest absolute Gasteiger partial charge is 0.313 e. The van der Waals surface area contributed by atoms with Gasteiger partial charge in [-0.1, -0.05) is 0 Å². The number of fused-ring (bicyclic) bond motifs is 1. The zero-order chi connectivity index (χ0) is 11.9. The van der Waals surface area contributed by atoms with Crippen LogP contribution in [0, 0.1) is 6.92 Å². The molecule has 0 saturated heterocycles. The summed E-state index contributed by atoms with van der Waals surface area (Å²) in [5.41, 5.74) is 0.728. The lowest BCUT2D eigenvalue weighted by Gasteiger charge is -2.22. The molecule has 0 fully saturated rings. The second-order valence-corrected chi connectivity index (χ2v) is 4.45. The Hall–Kier alpha value is -1.71. The number of hydrogen-bond donors (Lipinski definition) is 1. The van der Waals surface area contributed by atoms with Crippen LogP contribution in [0.4, 0.5) is 0 Å². The summed E-state index contributed by atoms with van der Waals surface area (Å²) in [5, 5.41) is 9.20. The molecule has 0 aliphatic carbocycles. The summed E-state index contributed by atoms with van der Waals surface area (Å²) in [6, 6.07) is 3.58. The number of ether oxygens (including phenoxy) is 2. The maximum absolute atomic E-state index is 11.2. The average molecular weight is 222 g/mol. The highest BCUT2D eigenvalue weighted by atomic mass is 16.7. The molecule has 2 rings (SSSR count). The second-order valence-electron chi connectivity index (χ2n) is 4.45. The van der Waals surface area contributed by atoms with Crippen LogP contribution in [0.15, 0.2) is 12.1 Å². The Morgan fingerprint density at radius 2 is 1.88 bits per heavy atom. The van der Waals surface area contributed by atoms with Gasteiger partial charge in [-0.25, -0.2) is 0 Å². The van der Waals surface area contributed by atoms with Gasteiger partial charge < -0.3 is 14.6 Å². The molecule has 0 radical (unpaired) electrons. The monoisotopic (exact) mass is 222 g/mol. The molecule has 1 heterocycles. The molecule has 4 heteroatoms. The van der Waals surface area contributed by atoms with Crippen molar-refractivity contribution in [1.82, 2.24) is 0 Å². The first kappa shape index (κ1) is 10.8. The second kappa shape index (κ2) is 3.40. The van der Waals surface area contributed by atoms with Crippen molar-refractivity contribution >= 4 is 5.97 Å². The lowest BCUT2D eigenvalue weighted by molar-refractivity contribution is -0.142. The number of benzene rings is 1. The van der Waals surface area contributed by atoms with Gasteiger partial charge in [0.2, 0.25) is 6.79 Å². The summed E-state index contributed by atoms with van der Waals surface area (Å²) in [6.07, 6.45) is 0. The molecule has 0 saturated carbocycles. The topological polar surface area (TPSA) is 55.8 Å². The van der Waals surface area contributed by atoms with E-state index in [1.165, 1.54) is 0 Å². The standard InChI is InChI=1S/C12H14O4/c1-7-4-9-10(16-6-15-9)5-8(7)12(2,3)11(13)14/h4-5H,6H2,1-3H3,(H,13,14). The van der Waals surface area contributed by atoms with Gasteiger partial charge in [-0.05, 0) is 44.0 Å². The van der Waals surface area contributed by atoms with Crippen LogP contribution in [-0.4, -0.2) is 17.9 Å². The maximum atomic E-state index is 11.2. The number of carboxylic acid groups (broad SMARTS) is 1. The highest BCUT2D eigenvalue weighted by Gasteiger charge is 2.32. The van der Waals surface area contributed by atoms with Crippen molar-refractivity contribution in [3.05, 3.63) is 23.3 Å². The molecular weight excluding hydrogens is 208 g/mol. The lowest BCUT2D eigenvalue weighted by Crippen LogP contribution is -2.29. The highest BCUT2D eigenvalue weighted by Crippen LogP contribution is 2.38. The summed E-state index contributed by atoms with van der Waals surface area (Å²) in [7, 11) is 0. The van der Waals surface area contributed by atoms with Crippen molar-refractivity contribution in [2.75, 3.05) is 6.79 Å². The Kier molecular flexibility index (Phi) is 2.30. The summed E-state index contributed by atoms with van der Waals surface area (Å²) >= 11 is 0. The zero-order valence-corrected chi connectivity index (χ0v) is 9.53. The van der Waals surface area contributed by atoms with Gasteiger partial charge >= 0.3 is 5.97 Å². The van der Waals surface area contributed by atoms with E-state index in [0.717, 1.165) is 11.1 Å². The number of rotatable bonds is 2. The number of hydrogen-bond acceptors (Lipinski definition) is 3. The summed E-state index contributed by atoms with van der Waals surface area (Å²) in [4.78, 5) is 11.2. The van der Waals surface area contributed by atoms with Crippen LogP contribution in [0.3, 0.4) is 0 Å². The van der Waals surface area contributed by atoms with E-state index < -0.39 is 11.4 Å². The van der Waals surface area contributed by atoms with Crippen molar-refractivity contribution < 1.29 is 19.4 Å². The molecule has 0 unspecified atom stereocenters. The van der Waals surface area contributed by atoms with Crippen LogP contribution in [-0.2, 0) is 10.2 Å². The molecule has 86 valence electrons. The molecule has 0 spiro atoms. The number of aryl methyl sites for hydroxylation is 1. The Morgan fingerprint density at radius 1 is 1.31 bits per heavy atom. The van der Waals surface area contributed by atoms with Crippen molar-refractivity contribution in [3.8, 4) is 11.5 Å². The van der Waals surface area contributed by atoms with Crippen molar-refractivity contribution in [2.24, 2.45) is 0 Å². The largest absolute Gasteiger partial charge is 0.481 e. The van der Waals surface area contributed by atoms with E-state index in [9.17, 15) is 9.90 Å². The molecule has 0 aromatic heterocycles. The van der Waals surface area contributed by atoms with E-state index >= 15 is 0 Å². The van der Waals surface area contributed by atoms with E-state index in [2.05, 4.69) is 0 Å². The first-order valence-electron chi connectivity index (χ1n) is 5.07. The van der Waals surface area contributed by atoms with E-state index in [0.29, 0.717) is 11.5 Å². The van der Waals surface area contributed by atoms with E-state index in [4.69, 9.17) is 9.47 Å². The molecule has 1 aliphatic rings. The Labute approximate surface area is 93.8 Å². The number of carbonyl (C=O) groups is 1. The minimum atomic E-state index is -0.926. The number of carboxylic acids is 1. The van der Waals surface area contributed by atoms with Gasteiger partial charge in [-0.2, -0.15) is 0 Å². The van der Waals surface area contributed by atoms with Crippen LogP contribution in [0.5, 0.6) is 11.5 Å². The van der Waals surface area contributed by atoms with Crippen LogP contribution in [0.1, 0.15) is 25.0 Å². The molecule has 0 amide bonds. The SMILES string of the molecule is Cc1cc2c(cc1C(C)(C)C(=O)O)OCO2.